The maximum absolute atomic E-state index is 5.80. The molecule has 16 heavy (non-hydrogen) atoms. The largest absolute Gasteiger partial charge is 0.453 e. The highest BCUT2D eigenvalue weighted by Crippen LogP contribution is 2.30. The van der Waals surface area contributed by atoms with E-state index in [4.69, 9.17) is 10.5 Å². The van der Waals surface area contributed by atoms with Crippen molar-refractivity contribution >= 4 is 37.5 Å². The van der Waals surface area contributed by atoms with Gasteiger partial charge in [-0.2, -0.15) is 0 Å². The Morgan fingerprint density at radius 2 is 1.88 bits per heavy atom. The molecule has 0 aliphatic carbocycles. The Morgan fingerprint density at radius 1 is 1.06 bits per heavy atom. The van der Waals surface area contributed by atoms with Gasteiger partial charge in [0.2, 0.25) is 0 Å². The Balaban J connectivity index is 2.30. The highest BCUT2D eigenvalue weighted by atomic mass is 79.9. The van der Waals surface area contributed by atoms with Crippen LogP contribution in [-0.4, -0.2) is 4.98 Å². The summed E-state index contributed by atoms with van der Waals surface area (Å²) >= 11 is 6.69. The number of ether oxygens (including phenoxy) is 1. The van der Waals surface area contributed by atoms with Gasteiger partial charge in [-0.1, -0.05) is 15.9 Å². The molecule has 0 aliphatic heterocycles. The number of rotatable bonds is 2. The van der Waals surface area contributed by atoms with Crippen molar-refractivity contribution in [1.82, 2.24) is 4.98 Å². The monoisotopic (exact) mass is 342 g/mol. The molecule has 0 fully saturated rings. The number of halogens is 2. The smallest absolute Gasteiger partial charge is 0.151 e. The molecule has 0 bridgehead atoms. The zero-order valence-electron chi connectivity index (χ0n) is 8.15. The minimum atomic E-state index is 0.586. The fourth-order valence-electron chi connectivity index (χ4n) is 1.17. The van der Waals surface area contributed by atoms with Gasteiger partial charge in [0, 0.05) is 15.1 Å². The lowest BCUT2D eigenvalue weighted by Crippen LogP contribution is -1.92. The first kappa shape index (κ1) is 11.4. The Morgan fingerprint density at radius 3 is 2.62 bits per heavy atom. The van der Waals surface area contributed by atoms with Crippen LogP contribution in [0, 0.1) is 0 Å². The molecule has 3 nitrogen and oxygen atoms in total. The fourth-order valence-corrected chi connectivity index (χ4v) is 1.86. The first-order chi connectivity index (χ1) is 7.65. The molecule has 0 aliphatic rings. The summed E-state index contributed by atoms with van der Waals surface area (Å²) in [7, 11) is 0. The summed E-state index contributed by atoms with van der Waals surface area (Å²) in [5.74, 6) is 1.24. The molecule has 2 aromatic rings. The van der Waals surface area contributed by atoms with E-state index in [1.807, 2.05) is 18.2 Å². The van der Waals surface area contributed by atoms with Gasteiger partial charge in [0.25, 0.3) is 0 Å². The topological polar surface area (TPSA) is 48.1 Å². The Bertz CT molecular complexity index is 517. The van der Waals surface area contributed by atoms with Gasteiger partial charge in [-0.15, -0.1) is 0 Å². The first-order valence-electron chi connectivity index (χ1n) is 4.48. The van der Waals surface area contributed by atoms with Crippen LogP contribution in [0.15, 0.2) is 45.6 Å². The number of pyridine rings is 1. The highest BCUT2D eigenvalue weighted by Gasteiger charge is 2.03. The van der Waals surface area contributed by atoms with Gasteiger partial charge < -0.3 is 10.5 Å². The number of benzene rings is 1. The quantitative estimate of drug-likeness (QED) is 0.839. The minimum absolute atomic E-state index is 0.586. The predicted octanol–water partition coefficient (Wildman–Crippen LogP) is 3.98. The standard InChI is InChI=1S/C11H8Br2N2O/c12-7-1-2-10(14)11(4-7)16-9-3-8(13)5-15-6-9/h1-6H,14H2. The molecule has 1 heterocycles. The molecule has 1 aromatic heterocycles. The van der Waals surface area contributed by atoms with Crippen LogP contribution in [0.5, 0.6) is 11.5 Å². The zero-order chi connectivity index (χ0) is 11.5. The van der Waals surface area contributed by atoms with E-state index in [1.165, 1.54) is 0 Å². The van der Waals surface area contributed by atoms with Gasteiger partial charge in [-0.25, -0.2) is 0 Å². The minimum Gasteiger partial charge on any atom is -0.453 e. The summed E-state index contributed by atoms with van der Waals surface area (Å²) in [6.07, 6.45) is 3.32. The van der Waals surface area contributed by atoms with E-state index in [2.05, 4.69) is 36.8 Å². The van der Waals surface area contributed by atoms with Crippen molar-refractivity contribution in [2.45, 2.75) is 0 Å². The van der Waals surface area contributed by atoms with Crippen molar-refractivity contribution in [1.29, 1.82) is 0 Å². The molecule has 2 rings (SSSR count). The van der Waals surface area contributed by atoms with Crippen LogP contribution in [0.2, 0.25) is 0 Å². The third kappa shape index (κ3) is 2.74. The molecule has 2 N–H and O–H groups in total. The van der Waals surface area contributed by atoms with Gasteiger partial charge in [0.1, 0.15) is 5.75 Å². The number of aromatic nitrogens is 1. The van der Waals surface area contributed by atoms with Crippen molar-refractivity contribution in [3.05, 3.63) is 45.6 Å². The normalized spacial score (nSPS) is 10.1. The molecule has 0 saturated carbocycles. The van der Waals surface area contributed by atoms with Crippen molar-refractivity contribution in [2.24, 2.45) is 0 Å². The van der Waals surface area contributed by atoms with Gasteiger partial charge in [0.15, 0.2) is 5.75 Å². The van der Waals surface area contributed by atoms with Gasteiger partial charge in [0.05, 0.1) is 11.9 Å². The van der Waals surface area contributed by atoms with Gasteiger partial charge >= 0.3 is 0 Å². The molecule has 0 amide bonds. The lowest BCUT2D eigenvalue weighted by atomic mass is 10.3. The molecular weight excluding hydrogens is 336 g/mol. The molecule has 0 unspecified atom stereocenters. The maximum Gasteiger partial charge on any atom is 0.151 e. The van der Waals surface area contributed by atoms with Crippen LogP contribution in [0.1, 0.15) is 0 Å². The van der Waals surface area contributed by atoms with Crippen molar-refractivity contribution in [2.75, 3.05) is 5.73 Å². The van der Waals surface area contributed by atoms with Crippen LogP contribution in [0.3, 0.4) is 0 Å². The summed E-state index contributed by atoms with van der Waals surface area (Å²) in [6.45, 7) is 0. The summed E-state index contributed by atoms with van der Waals surface area (Å²) in [4.78, 5) is 4.01. The number of hydrogen-bond donors (Lipinski definition) is 1. The number of anilines is 1. The molecule has 0 spiro atoms. The van der Waals surface area contributed by atoms with E-state index in [-0.39, 0.29) is 0 Å². The molecule has 0 atom stereocenters. The Kier molecular flexibility index (Phi) is 3.46. The number of hydrogen-bond acceptors (Lipinski definition) is 3. The maximum atomic E-state index is 5.80. The average molecular weight is 344 g/mol. The second-order valence-corrected chi connectivity index (χ2v) is 4.95. The Hall–Kier alpha value is -1.07. The van der Waals surface area contributed by atoms with Crippen molar-refractivity contribution < 1.29 is 4.74 Å². The molecule has 0 saturated heterocycles. The second-order valence-electron chi connectivity index (χ2n) is 3.12. The summed E-state index contributed by atoms with van der Waals surface area (Å²) in [5.41, 5.74) is 6.38. The zero-order valence-corrected chi connectivity index (χ0v) is 11.3. The van der Waals surface area contributed by atoms with E-state index in [0.717, 1.165) is 8.95 Å². The van der Waals surface area contributed by atoms with Crippen LogP contribution >= 0.6 is 31.9 Å². The number of nitrogens with zero attached hydrogens (tertiary/aromatic N) is 1. The average Bonchev–Trinajstić information content (AvgIpc) is 2.24. The van der Waals surface area contributed by atoms with Crippen molar-refractivity contribution in [3.8, 4) is 11.5 Å². The lowest BCUT2D eigenvalue weighted by Gasteiger charge is -2.08. The molecule has 1 aromatic carbocycles. The van der Waals surface area contributed by atoms with E-state index >= 15 is 0 Å². The van der Waals surface area contributed by atoms with E-state index < -0.39 is 0 Å². The second kappa shape index (κ2) is 4.84. The molecule has 0 radical (unpaired) electrons. The van der Waals surface area contributed by atoms with Crippen LogP contribution < -0.4 is 10.5 Å². The van der Waals surface area contributed by atoms with Crippen LogP contribution in [0.25, 0.3) is 0 Å². The molecule has 82 valence electrons. The predicted molar refractivity (Wildman–Crippen MR) is 70.6 cm³/mol. The lowest BCUT2D eigenvalue weighted by molar-refractivity contribution is 0.482. The van der Waals surface area contributed by atoms with Crippen LogP contribution in [-0.2, 0) is 0 Å². The molecule has 5 heteroatoms. The SMILES string of the molecule is Nc1ccc(Br)cc1Oc1cncc(Br)c1. The summed E-state index contributed by atoms with van der Waals surface area (Å²) < 4.78 is 7.40. The molecular formula is C11H8Br2N2O. The first-order valence-corrected chi connectivity index (χ1v) is 6.07. The van der Waals surface area contributed by atoms with Crippen LogP contribution in [0.4, 0.5) is 5.69 Å². The van der Waals surface area contributed by atoms with Gasteiger partial charge in [-0.05, 0) is 40.2 Å². The number of nitrogens with two attached hydrogens (primary N) is 1. The fraction of sp³-hybridized carbons (Fsp3) is 0. The Labute approximate surface area is 110 Å². The summed E-state index contributed by atoms with van der Waals surface area (Å²) in [6, 6.07) is 7.29. The van der Waals surface area contributed by atoms with Crippen molar-refractivity contribution in [3.63, 3.8) is 0 Å². The third-order valence-electron chi connectivity index (χ3n) is 1.88. The van der Waals surface area contributed by atoms with E-state index in [1.54, 1.807) is 18.5 Å². The van der Waals surface area contributed by atoms with E-state index in [9.17, 15) is 0 Å². The van der Waals surface area contributed by atoms with E-state index in [0.29, 0.717) is 17.2 Å². The summed E-state index contributed by atoms with van der Waals surface area (Å²) in [5, 5.41) is 0. The van der Waals surface area contributed by atoms with Gasteiger partial charge in [-0.3, -0.25) is 4.98 Å². The number of nitrogen functional groups attached to an aromatic ring is 1. The third-order valence-corrected chi connectivity index (χ3v) is 2.81. The highest BCUT2D eigenvalue weighted by molar-refractivity contribution is 9.10.